The molecular formula is C16H17N3O4. The first-order valence-electron chi connectivity index (χ1n) is 6.89. The predicted molar refractivity (Wildman–Crippen MR) is 86.5 cm³/mol. The second-order valence-electron chi connectivity index (χ2n) is 4.80. The van der Waals surface area contributed by atoms with E-state index in [4.69, 9.17) is 10.8 Å². The van der Waals surface area contributed by atoms with Crippen LogP contribution in [-0.4, -0.2) is 28.8 Å². The number of hydrogen-bond donors (Lipinski definition) is 5. The van der Waals surface area contributed by atoms with Gasteiger partial charge in [-0.3, -0.25) is 10.1 Å². The Balaban J connectivity index is 2.15. The lowest BCUT2D eigenvalue weighted by atomic mass is 10.1. The average Bonchev–Trinajstić information content (AvgIpc) is 2.55. The molecule has 0 aliphatic heterocycles. The number of benzene rings is 2. The molecule has 7 heteroatoms. The number of para-hydroxylation sites is 2. The lowest BCUT2D eigenvalue weighted by Crippen LogP contribution is -2.16. The number of amides is 2. The van der Waals surface area contributed by atoms with E-state index in [1.54, 1.807) is 48.5 Å². The second-order valence-corrected chi connectivity index (χ2v) is 4.80. The van der Waals surface area contributed by atoms with Crippen molar-refractivity contribution in [2.45, 2.75) is 6.10 Å². The predicted octanol–water partition coefficient (Wildman–Crippen LogP) is 2.02. The van der Waals surface area contributed by atoms with Gasteiger partial charge in [0.25, 0.3) is 5.91 Å². The molecule has 2 amide bonds. The first-order valence-corrected chi connectivity index (χ1v) is 6.89. The van der Waals surface area contributed by atoms with Crippen molar-refractivity contribution in [3.05, 3.63) is 59.7 Å². The zero-order valence-electron chi connectivity index (χ0n) is 12.2. The van der Waals surface area contributed by atoms with Crippen LogP contribution >= 0.6 is 0 Å². The van der Waals surface area contributed by atoms with Gasteiger partial charge in [-0.05, 0) is 29.8 Å². The van der Waals surface area contributed by atoms with Crippen LogP contribution in [0.5, 0.6) is 0 Å². The summed E-state index contributed by atoms with van der Waals surface area (Å²) in [5, 5.41) is 23.3. The highest BCUT2D eigenvalue weighted by molar-refractivity contribution is 6.06. The molecule has 6 N–H and O–H groups in total. The Bertz CT molecular complexity index is 701. The van der Waals surface area contributed by atoms with Gasteiger partial charge in [-0.25, -0.2) is 4.79 Å². The number of carbonyl (C=O) groups is 2. The van der Waals surface area contributed by atoms with Gasteiger partial charge in [0, 0.05) is 12.1 Å². The number of aliphatic hydroxyl groups is 1. The molecule has 0 saturated heterocycles. The minimum atomic E-state index is -1.22. The Kier molecular flexibility index (Phi) is 5.29. The summed E-state index contributed by atoms with van der Waals surface area (Å²) in [4.78, 5) is 23.0. The minimum Gasteiger partial charge on any atom is -0.465 e. The first-order chi connectivity index (χ1) is 11.0. The van der Waals surface area contributed by atoms with Crippen LogP contribution < -0.4 is 16.4 Å². The van der Waals surface area contributed by atoms with E-state index in [1.165, 1.54) is 0 Å². The second kappa shape index (κ2) is 7.39. The highest BCUT2D eigenvalue weighted by Crippen LogP contribution is 2.22. The molecule has 0 aromatic heterocycles. The van der Waals surface area contributed by atoms with E-state index < -0.39 is 18.1 Å². The van der Waals surface area contributed by atoms with Crippen LogP contribution in [0.2, 0.25) is 0 Å². The molecule has 1 atom stereocenters. The molecular weight excluding hydrogens is 298 g/mol. The number of nitrogens with two attached hydrogens (primary N) is 1. The van der Waals surface area contributed by atoms with Gasteiger partial charge in [0.2, 0.25) is 0 Å². The Labute approximate surface area is 132 Å². The maximum absolute atomic E-state index is 12.2. The molecule has 0 radical (unpaired) electrons. The van der Waals surface area contributed by atoms with Gasteiger partial charge in [-0.15, -0.1) is 0 Å². The van der Waals surface area contributed by atoms with E-state index in [9.17, 15) is 14.7 Å². The normalized spacial score (nSPS) is 11.6. The molecule has 23 heavy (non-hydrogen) atoms. The van der Waals surface area contributed by atoms with Crippen LogP contribution in [-0.2, 0) is 0 Å². The standard InChI is InChI=1S/C16H17N3O4/c17-9-14(20)10-5-7-11(8-6-10)15(21)18-12-3-1-2-4-13(12)19-16(22)23/h1-8,14,19-20H,9,17H2,(H,18,21)(H,22,23). The fourth-order valence-corrected chi connectivity index (χ4v) is 2.00. The van der Waals surface area contributed by atoms with Crippen LogP contribution in [0.15, 0.2) is 48.5 Å². The third-order valence-electron chi connectivity index (χ3n) is 3.20. The van der Waals surface area contributed by atoms with Gasteiger partial charge in [0.1, 0.15) is 0 Å². The number of anilines is 2. The number of carboxylic acid groups (broad SMARTS) is 1. The van der Waals surface area contributed by atoms with E-state index in [0.29, 0.717) is 16.8 Å². The summed E-state index contributed by atoms with van der Waals surface area (Å²) in [6.07, 6.45) is -1.99. The van der Waals surface area contributed by atoms with Crippen LogP contribution in [0.3, 0.4) is 0 Å². The minimum absolute atomic E-state index is 0.0970. The number of carbonyl (C=O) groups excluding carboxylic acids is 1. The smallest absolute Gasteiger partial charge is 0.409 e. The van der Waals surface area contributed by atoms with Crippen molar-refractivity contribution < 1.29 is 19.8 Å². The van der Waals surface area contributed by atoms with E-state index in [2.05, 4.69) is 10.6 Å². The fraction of sp³-hybridized carbons (Fsp3) is 0.125. The van der Waals surface area contributed by atoms with Gasteiger partial charge in [-0.1, -0.05) is 24.3 Å². The molecule has 0 aliphatic rings. The number of hydrogen-bond acceptors (Lipinski definition) is 4. The number of aliphatic hydroxyl groups excluding tert-OH is 1. The van der Waals surface area contributed by atoms with Gasteiger partial charge < -0.3 is 21.3 Å². The summed E-state index contributed by atoms with van der Waals surface area (Å²) in [6.45, 7) is 0.0970. The highest BCUT2D eigenvalue weighted by atomic mass is 16.4. The largest absolute Gasteiger partial charge is 0.465 e. The molecule has 2 rings (SSSR count). The van der Waals surface area contributed by atoms with Crippen LogP contribution in [0, 0.1) is 0 Å². The van der Waals surface area contributed by atoms with Crippen molar-refractivity contribution in [2.24, 2.45) is 5.73 Å². The third kappa shape index (κ3) is 4.29. The van der Waals surface area contributed by atoms with Crippen LogP contribution in [0.25, 0.3) is 0 Å². The summed E-state index contributed by atoms with van der Waals surface area (Å²) in [6, 6.07) is 12.8. The van der Waals surface area contributed by atoms with Gasteiger partial charge >= 0.3 is 6.09 Å². The van der Waals surface area contributed by atoms with Crippen LogP contribution in [0.1, 0.15) is 22.0 Å². The Morgan fingerprint density at radius 2 is 1.57 bits per heavy atom. The molecule has 0 spiro atoms. The van der Waals surface area contributed by atoms with Crippen molar-refractivity contribution in [3.63, 3.8) is 0 Å². The summed E-state index contributed by atoms with van der Waals surface area (Å²) >= 11 is 0. The van der Waals surface area contributed by atoms with E-state index >= 15 is 0 Å². The fourth-order valence-electron chi connectivity index (χ4n) is 2.00. The summed E-state index contributed by atoms with van der Waals surface area (Å²) in [5.41, 5.74) is 7.01. The third-order valence-corrected chi connectivity index (χ3v) is 3.20. The Hall–Kier alpha value is -2.90. The van der Waals surface area contributed by atoms with Gasteiger partial charge in [0.15, 0.2) is 0 Å². The maximum atomic E-state index is 12.2. The van der Waals surface area contributed by atoms with Crippen molar-refractivity contribution >= 4 is 23.4 Å². The van der Waals surface area contributed by atoms with Crippen molar-refractivity contribution in [2.75, 3.05) is 17.2 Å². The van der Waals surface area contributed by atoms with Gasteiger partial charge in [0.05, 0.1) is 17.5 Å². The summed E-state index contributed by atoms with van der Waals surface area (Å²) < 4.78 is 0. The SMILES string of the molecule is NCC(O)c1ccc(C(=O)Nc2ccccc2NC(=O)O)cc1. The Morgan fingerprint density at radius 1 is 1.00 bits per heavy atom. The lowest BCUT2D eigenvalue weighted by Gasteiger charge is -2.12. The number of nitrogens with one attached hydrogen (secondary N) is 2. The molecule has 2 aromatic rings. The average molecular weight is 315 g/mol. The molecule has 0 saturated carbocycles. The molecule has 2 aromatic carbocycles. The monoisotopic (exact) mass is 315 g/mol. The topological polar surface area (TPSA) is 125 Å². The van der Waals surface area contributed by atoms with Crippen molar-refractivity contribution in [3.8, 4) is 0 Å². The molecule has 7 nitrogen and oxygen atoms in total. The summed E-state index contributed by atoms with van der Waals surface area (Å²) in [7, 11) is 0. The highest BCUT2D eigenvalue weighted by Gasteiger charge is 2.11. The molecule has 120 valence electrons. The van der Waals surface area contributed by atoms with E-state index in [0.717, 1.165) is 0 Å². The Morgan fingerprint density at radius 3 is 2.09 bits per heavy atom. The summed E-state index contributed by atoms with van der Waals surface area (Å²) in [5.74, 6) is -0.390. The molecule has 0 heterocycles. The van der Waals surface area contributed by atoms with Gasteiger partial charge in [-0.2, -0.15) is 0 Å². The zero-order chi connectivity index (χ0) is 16.8. The molecule has 0 aliphatic carbocycles. The van der Waals surface area contributed by atoms with Crippen molar-refractivity contribution in [1.29, 1.82) is 0 Å². The maximum Gasteiger partial charge on any atom is 0.409 e. The van der Waals surface area contributed by atoms with E-state index in [1.807, 2.05) is 0 Å². The molecule has 0 bridgehead atoms. The molecule has 0 fully saturated rings. The van der Waals surface area contributed by atoms with Crippen LogP contribution in [0.4, 0.5) is 16.2 Å². The first kappa shape index (κ1) is 16.5. The van der Waals surface area contributed by atoms with E-state index in [-0.39, 0.29) is 12.2 Å². The van der Waals surface area contributed by atoms with Crippen molar-refractivity contribution in [1.82, 2.24) is 0 Å². The zero-order valence-corrected chi connectivity index (χ0v) is 12.2. The molecule has 1 unspecified atom stereocenters. The quantitative estimate of drug-likeness (QED) is 0.577. The number of rotatable bonds is 5. The lowest BCUT2D eigenvalue weighted by molar-refractivity contribution is 0.102.